The zero-order valence-corrected chi connectivity index (χ0v) is 17.2. The van der Waals surface area contributed by atoms with Gasteiger partial charge in [-0.3, -0.25) is 4.79 Å². The first-order valence-corrected chi connectivity index (χ1v) is 9.62. The number of carbonyl (C=O) groups is 2. The number of rotatable bonds is 5. The van der Waals surface area contributed by atoms with Gasteiger partial charge in [0.25, 0.3) is 0 Å². The Morgan fingerprint density at radius 1 is 1.07 bits per heavy atom. The van der Waals surface area contributed by atoms with Crippen LogP contribution in [0.5, 0.6) is 0 Å². The second-order valence-corrected chi connectivity index (χ2v) is 7.03. The van der Waals surface area contributed by atoms with E-state index in [0.717, 1.165) is 0 Å². The van der Waals surface area contributed by atoms with E-state index < -0.39 is 5.97 Å². The summed E-state index contributed by atoms with van der Waals surface area (Å²) in [5.41, 5.74) is 2.50. The van der Waals surface area contributed by atoms with Gasteiger partial charge in [0, 0.05) is 5.70 Å². The molecule has 0 saturated heterocycles. The van der Waals surface area contributed by atoms with Gasteiger partial charge in [-0.05, 0) is 36.8 Å². The first-order valence-electron chi connectivity index (χ1n) is 8.86. The topological polar surface area (TPSA) is 79.5 Å². The summed E-state index contributed by atoms with van der Waals surface area (Å²) in [5, 5.41) is 9.70. The lowest BCUT2D eigenvalue weighted by molar-refractivity contribution is -0.138. The van der Waals surface area contributed by atoms with Crippen LogP contribution >= 0.6 is 23.2 Å². The largest absolute Gasteiger partial charge is 0.462 e. The third kappa shape index (κ3) is 4.91. The van der Waals surface area contributed by atoms with Crippen LogP contribution in [0.2, 0.25) is 10.0 Å². The van der Waals surface area contributed by atoms with Crippen LogP contribution in [0.4, 0.5) is 11.4 Å². The van der Waals surface area contributed by atoms with Crippen molar-refractivity contribution >= 4 is 46.5 Å². The van der Waals surface area contributed by atoms with E-state index in [4.69, 9.17) is 27.9 Å². The van der Waals surface area contributed by atoms with Crippen molar-refractivity contribution in [1.82, 2.24) is 5.32 Å². The highest BCUT2D eigenvalue weighted by Gasteiger charge is 2.26. The average Bonchev–Trinajstić information content (AvgIpc) is 2.80. The Morgan fingerprint density at radius 3 is 2.41 bits per heavy atom. The first-order chi connectivity index (χ1) is 13.9. The number of nitrogens with one attached hydrogen (secondary N) is 3. The van der Waals surface area contributed by atoms with E-state index in [9.17, 15) is 9.59 Å². The zero-order valence-electron chi connectivity index (χ0n) is 15.6. The van der Waals surface area contributed by atoms with Crippen molar-refractivity contribution in [1.29, 1.82) is 0 Å². The summed E-state index contributed by atoms with van der Waals surface area (Å²) in [6.45, 7) is 5.82. The van der Waals surface area contributed by atoms with Crippen LogP contribution in [0.1, 0.15) is 12.5 Å². The first kappa shape index (κ1) is 20.8. The van der Waals surface area contributed by atoms with Crippen molar-refractivity contribution in [3.05, 3.63) is 81.7 Å². The predicted octanol–water partition coefficient (Wildman–Crippen LogP) is 4.48. The molecule has 0 aliphatic carbocycles. The maximum atomic E-state index is 12.7. The number of hydrogen-bond acceptors (Lipinski definition) is 5. The number of para-hydroxylation sites is 2. The minimum absolute atomic E-state index is 0.0414. The molecule has 1 aliphatic rings. The van der Waals surface area contributed by atoms with Gasteiger partial charge in [0.15, 0.2) is 0 Å². The Labute approximate surface area is 178 Å². The Hall–Kier alpha value is -2.96. The van der Waals surface area contributed by atoms with Crippen molar-refractivity contribution in [2.24, 2.45) is 0 Å². The predicted molar refractivity (Wildman–Crippen MR) is 115 cm³/mol. The molecular weight excluding hydrogens is 413 g/mol. The van der Waals surface area contributed by atoms with Gasteiger partial charge >= 0.3 is 5.97 Å². The average molecular weight is 432 g/mol. The number of anilines is 2. The Kier molecular flexibility index (Phi) is 6.46. The molecule has 0 saturated carbocycles. The molecule has 2 aromatic rings. The van der Waals surface area contributed by atoms with Gasteiger partial charge in [0.05, 0.1) is 34.4 Å². The minimum Gasteiger partial charge on any atom is -0.462 e. The number of amides is 1. The summed E-state index contributed by atoms with van der Waals surface area (Å²) in [6, 6.07) is 12.3. The molecule has 8 heteroatoms. The third-order valence-electron chi connectivity index (χ3n) is 4.12. The summed E-state index contributed by atoms with van der Waals surface area (Å²) < 4.78 is 5.14. The van der Waals surface area contributed by atoms with Gasteiger partial charge < -0.3 is 20.7 Å². The maximum absolute atomic E-state index is 12.7. The number of benzene rings is 2. The number of hydrogen-bond donors (Lipinski definition) is 3. The monoisotopic (exact) mass is 431 g/mol. The van der Waals surface area contributed by atoms with Crippen molar-refractivity contribution in [2.45, 2.75) is 13.3 Å². The van der Waals surface area contributed by atoms with Gasteiger partial charge in [-0.15, -0.1) is 0 Å². The zero-order chi connectivity index (χ0) is 21.0. The smallest absolute Gasteiger partial charge is 0.343 e. The van der Waals surface area contributed by atoms with Crippen LogP contribution < -0.4 is 16.0 Å². The van der Waals surface area contributed by atoms with Gasteiger partial charge in [-0.25, -0.2) is 4.79 Å². The fourth-order valence-corrected chi connectivity index (χ4v) is 3.14. The standard InChI is InChI=1S/C21H19Cl2N3O3/c1-3-29-21(28)19-12(2)24-16-6-4-5-7-17(16)25-20(19)26-18(27)11-13-8-9-14(22)15(23)10-13/h4-10,24-25H,2-3,11H2,1H3,(H,26,27). The molecule has 0 bridgehead atoms. The Balaban J connectivity index is 1.90. The molecular formula is C21H19Cl2N3O3. The summed E-state index contributed by atoms with van der Waals surface area (Å²) in [5.74, 6) is -0.758. The van der Waals surface area contributed by atoms with Crippen molar-refractivity contribution in [3.8, 4) is 0 Å². The lowest BCUT2D eigenvalue weighted by atomic mass is 10.1. The number of fused-ring (bicyclic) bond motifs is 1. The minimum atomic E-state index is -0.602. The molecule has 150 valence electrons. The van der Waals surface area contributed by atoms with Crippen molar-refractivity contribution in [2.75, 3.05) is 17.2 Å². The molecule has 2 aromatic carbocycles. The molecule has 3 N–H and O–H groups in total. The van der Waals surface area contributed by atoms with Gasteiger partial charge in [0.2, 0.25) is 5.91 Å². The molecule has 0 unspecified atom stereocenters. The number of ether oxygens (including phenoxy) is 1. The van der Waals surface area contributed by atoms with E-state index in [1.54, 1.807) is 25.1 Å². The Morgan fingerprint density at radius 2 is 1.76 bits per heavy atom. The fraction of sp³-hybridized carbons (Fsp3) is 0.143. The highest BCUT2D eigenvalue weighted by molar-refractivity contribution is 6.42. The van der Waals surface area contributed by atoms with Crippen LogP contribution in [0.15, 0.2) is 66.1 Å². The molecule has 0 spiro atoms. The molecule has 3 rings (SSSR count). The summed E-state index contributed by atoms with van der Waals surface area (Å²) in [4.78, 5) is 25.2. The highest BCUT2D eigenvalue weighted by atomic mass is 35.5. The van der Waals surface area contributed by atoms with Gasteiger partial charge in [-0.2, -0.15) is 0 Å². The van der Waals surface area contributed by atoms with Crippen LogP contribution in [0, 0.1) is 0 Å². The molecule has 0 aromatic heterocycles. The summed E-state index contributed by atoms with van der Waals surface area (Å²) in [6.07, 6.45) is 0.0414. The molecule has 0 fully saturated rings. The maximum Gasteiger partial charge on any atom is 0.343 e. The van der Waals surface area contributed by atoms with Crippen molar-refractivity contribution < 1.29 is 14.3 Å². The Bertz CT molecular complexity index is 1020. The summed E-state index contributed by atoms with van der Waals surface area (Å²) in [7, 11) is 0. The van der Waals surface area contributed by atoms with E-state index >= 15 is 0 Å². The second kappa shape index (κ2) is 9.03. The highest BCUT2D eigenvalue weighted by Crippen LogP contribution is 2.30. The molecule has 0 atom stereocenters. The third-order valence-corrected chi connectivity index (χ3v) is 4.86. The van der Waals surface area contributed by atoms with E-state index in [1.165, 1.54) is 0 Å². The van der Waals surface area contributed by atoms with Gasteiger partial charge in [-0.1, -0.05) is 48.0 Å². The van der Waals surface area contributed by atoms with Gasteiger partial charge in [0.1, 0.15) is 11.4 Å². The number of carbonyl (C=O) groups excluding carboxylic acids is 2. The van der Waals surface area contributed by atoms with E-state index in [-0.39, 0.29) is 30.3 Å². The van der Waals surface area contributed by atoms with E-state index in [2.05, 4.69) is 22.5 Å². The molecule has 1 amide bonds. The lowest BCUT2D eigenvalue weighted by Crippen LogP contribution is -2.31. The molecule has 0 radical (unpaired) electrons. The van der Waals surface area contributed by atoms with Crippen LogP contribution in [-0.2, 0) is 20.7 Å². The van der Waals surface area contributed by atoms with E-state index in [0.29, 0.717) is 32.7 Å². The fourth-order valence-electron chi connectivity index (χ4n) is 2.82. The van der Waals surface area contributed by atoms with E-state index in [1.807, 2.05) is 24.3 Å². The van der Waals surface area contributed by atoms with Crippen LogP contribution in [-0.4, -0.2) is 18.5 Å². The second-order valence-electron chi connectivity index (χ2n) is 6.22. The number of halogens is 2. The van der Waals surface area contributed by atoms with Crippen molar-refractivity contribution in [3.63, 3.8) is 0 Å². The number of esters is 1. The molecule has 6 nitrogen and oxygen atoms in total. The quantitative estimate of drug-likeness (QED) is 0.608. The van der Waals surface area contributed by atoms with Crippen LogP contribution in [0.25, 0.3) is 0 Å². The summed E-state index contributed by atoms with van der Waals surface area (Å²) >= 11 is 11.9. The molecule has 1 aliphatic heterocycles. The van der Waals surface area contributed by atoms with Crippen LogP contribution in [0.3, 0.4) is 0 Å². The molecule has 1 heterocycles. The normalized spacial score (nSPS) is 13.0. The SMILES string of the molecule is C=C1Nc2ccccc2NC(NC(=O)Cc2ccc(Cl)c(Cl)c2)=C1C(=O)OCC. The lowest BCUT2D eigenvalue weighted by Gasteiger charge is -2.15. The molecule has 29 heavy (non-hydrogen) atoms.